The summed E-state index contributed by atoms with van der Waals surface area (Å²) in [5.41, 5.74) is 1.98. The average Bonchev–Trinajstić information content (AvgIpc) is 3.31. The Balaban J connectivity index is 1.87. The molecule has 0 spiro atoms. The summed E-state index contributed by atoms with van der Waals surface area (Å²) in [6.07, 6.45) is 0.798. The summed E-state index contributed by atoms with van der Waals surface area (Å²) in [7, 11) is 3.11. The second-order valence-electron chi connectivity index (χ2n) is 7.25. The first kappa shape index (κ1) is 22.1. The lowest BCUT2D eigenvalue weighted by molar-refractivity contribution is -0.117. The highest BCUT2D eigenvalue weighted by atomic mass is 16.5. The highest BCUT2D eigenvalue weighted by Crippen LogP contribution is 2.28. The van der Waals surface area contributed by atoms with Crippen molar-refractivity contribution in [3.8, 4) is 17.6 Å². The summed E-state index contributed by atoms with van der Waals surface area (Å²) in [6.45, 7) is 3.21. The van der Waals surface area contributed by atoms with E-state index in [4.69, 9.17) is 9.47 Å². The summed E-state index contributed by atoms with van der Waals surface area (Å²) in [5.74, 6) is 0.660. The summed E-state index contributed by atoms with van der Waals surface area (Å²) in [4.78, 5) is 27.2. The number of methoxy groups -OCH3 is 2. The summed E-state index contributed by atoms with van der Waals surface area (Å²) in [5, 5.41) is 15.4. The van der Waals surface area contributed by atoms with Gasteiger partial charge in [0.05, 0.1) is 43.1 Å². The lowest BCUT2D eigenvalue weighted by Crippen LogP contribution is -2.41. The van der Waals surface area contributed by atoms with Gasteiger partial charge < -0.3 is 25.0 Å². The van der Waals surface area contributed by atoms with Gasteiger partial charge in [-0.1, -0.05) is 6.07 Å². The normalized spacial score (nSPS) is 15.1. The van der Waals surface area contributed by atoms with Crippen LogP contribution in [0.15, 0.2) is 36.4 Å². The number of nitrogens with zero attached hydrogens (tertiary/aromatic N) is 2. The Kier molecular flexibility index (Phi) is 7.11. The van der Waals surface area contributed by atoms with E-state index < -0.39 is 0 Å². The van der Waals surface area contributed by atoms with E-state index in [0.717, 1.165) is 18.5 Å². The van der Waals surface area contributed by atoms with Gasteiger partial charge in [-0.2, -0.15) is 5.26 Å². The third-order valence-corrected chi connectivity index (χ3v) is 5.27. The highest BCUT2D eigenvalue weighted by molar-refractivity contribution is 6.05. The molecule has 2 aromatic rings. The van der Waals surface area contributed by atoms with Crippen molar-refractivity contribution in [1.29, 1.82) is 5.26 Å². The number of nitrogens with one attached hydrogen (secondary N) is 2. The third kappa shape index (κ3) is 4.95. The van der Waals surface area contributed by atoms with Gasteiger partial charge >= 0.3 is 0 Å². The van der Waals surface area contributed by atoms with Gasteiger partial charge in [-0.25, -0.2) is 0 Å². The first-order valence-corrected chi connectivity index (χ1v) is 10.0. The minimum atomic E-state index is -0.362. The molecule has 31 heavy (non-hydrogen) atoms. The number of hydrogen-bond acceptors (Lipinski definition) is 6. The van der Waals surface area contributed by atoms with E-state index in [2.05, 4.69) is 16.7 Å². The molecule has 162 valence electrons. The molecule has 1 heterocycles. The van der Waals surface area contributed by atoms with Gasteiger partial charge in [0.15, 0.2) is 11.5 Å². The van der Waals surface area contributed by atoms with Crippen LogP contribution in [0.1, 0.15) is 34.8 Å². The quantitative estimate of drug-likeness (QED) is 0.709. The fraction of sp³-hybridized carbons (Fsp3) is 0.348. The van der Waals surface area contributed by atoms with E-state index in [1.54, 1.807) is 43.4 Å². The number of nitriles is 1. The molecule has 2 amide bonds. The minimum Gasteiger partial charge on any atom is -0.493 e. The Bertz CT molecular complexity index is 1010. The Morgan fingerprint density at radius 1 is 1.19 bits per heavy atom. The van der Waals surface area contributed by atoms with E-state index >= 15 is 0 Å². The Morgan fingerprint density at radius 2 is 1.97 bits per heavy atom. The van der Waals surface area contributed by atoms with Crippen LogP contribution in [0.25, 0.3) is 0 Å². The fourth-order valence-corrected chi connectivity index (χ4v) is 3.75. The minimum absolute atomic E-state index is 0.0390. The standard InChI is InChI=1S/C23H26N4O4/c1-15(28)27(18-8-9-25-14-18)20-6-4-16(12-24)10-19(20)23(29)26-13-17-5-7-21(30-2)22(11-17)31-3/h4-7,10-11,18,25H,8-9,13-14H2,1-3H3,(H,26,29)/t18-/m1/s1. The van der Waals surface area contributed by atoms with E-state index in [1.807, 2.05) is 6.07 Å². The van der Waals surface area contributed by atoms with Gasteiger partial charge in [-0.05, 0) is 48.9 Å². The molecule has 2 aromatic carbocycles. The number of hydrogen-bond donors (Lipinski definition) is 2. The molecule has 3 rings (SSSR count). The van der Waals surface area contributed by atoms with Crippen molar-refractivity contribution in [2.24, 2.45) is 0 Å². The second kappa shape index (κ2) is 9.96. The van der Waals surface area contributed by atoms with Crippen molar-refractivity contribution < 1.29 is 19.1 Å². The van der Waals surface area contributed by atoms with Gasteiger partial charge in [0, 0.05) is 20.0 Å². The molecule has 0 saturated carbocycles. The van der Waals surface area contributed by atoms with Crippen molar-refractivity contribution in [2.75, 3.05) is 32.2 Å². The number of carbonyl (C=O) groups excluding carboxylic acids is 2. The Labute approximate surface area is 181 Å². The molecule has 8 heteroatoms. The van der Waals surface area contributed by atoms with Crippen molar-refractivity contribution in [2.45, 2.75) is 25.9 Å². The van der Waals surface area contributed by atoms with Gasteiger partial charge in [-0.15, -0.1) is 0 Å². The maximum Gasteiger partial charge on any atom is 0.253 e. The second-order valence-corrected chi connectivity index (χ2v) is 7.25. The van der Waals surface area contributed by atoms with Crippen molar-refractivity contribution >= 4 is 17.5 Å². The van der Waals surface area contributed by atoms with Crippen molar-refractivity contribution in [3.63, 3.8) is 0 Å². The number of rotatable bonds is 7. The third-order valence-electron chi connectivity index (χ3n) is 5.27. The summed E-state index contributed by atoms with van der Waals surface area (Å²) >= 11 is 0. The molecule has 0 aromatic heterocycles. The molecule has 0 unspecified atom stereocenters. The Morgan fingerprint density at radius 3 is 2.58 bits per heavy atom. The summed E-state index contributed by atoms with van der Waals surface area (Å²) in [6, 6.07) is 12.2. The monoisotopic (exact) mass is 422 g/mol. The molecule has 1 saturated heterocycles. The number of ether oxygens (including phenoxy) is 2. The van der Waals surface area contributed by atoms with Gasteiger partial charge in [0.25, 0.3) is 5.91 Å². The van der Waals surface area contributed by atoms with Gasteiger partial charge in [-0.3, -0.25) is 9.59 Å². The van der Waals surface area contributed by atoms with Crippen molar-refractivity contribution in [1.82, 2.24) is 10.6 Å². The molecule has 0 bridgehead atoms. The first-order chi connectivity index (χ1) is 15.0. The maximum absolute atomic E-state index is 13.1. The molecule has 8 nitrogen and oxygen atoms in total. The molecule has 1 atom stereocenters. The van der Waals surface area contributed by atoms with Crippen LogP contribution in [0, 0.1) is 11.3 Å². The van der Waals surface area contributed by atoms with Crippen LogP contribution in [0.5, 0.6) is 11.5 Å². The van der Waals surface area contributed by atoms with E-state index in [1.165, 1.54) is 13.0 Å². The molecular formula is C23H26N4O4. The first-order valence-electron chi connectivity index (χ1n) is 10.0. The molecule has 1 aliphatic heterocycles. The van der Waals surface area contributed by atoms with Crippen LogP contribution in [0.2, 0.25) is 0 Å². The predicted molar refractivity (Wildman–Crippen MR) is 116 cm³/mol. The fourth-order valence-electron chi connectivity index (χ4n) is 3.75. The summed E-state index contributed by atoms with van der Waals surface area (Å²) < 4.78 is 10.5. The van der Waals surface area contributed by atoms with Crippen LogP contribution >= 0.6 is 0 Å². The van der Waals surface area contributed by atoms with Gasteiger partial charge in [0.1, 0.15) is 0 Å². The zero-order valence-electron chi connectivity index (χ0n) is 17.9. The van der Waals surface area contributed by atoms with Crippen LogP contribution in [0.3, 0.4) is 0 Å². The maximum atomic E-state index is 13.1. The van der Waals surface area contributed by atoms with E-state index in [0.29, 0.717) is 34.9 Å². The van der Waals surface area contributed by atoms with Crippen LogP contribution in [0.4, 0.5) is 5.69 Å². The zero-order chi connectivity index (χ0) is 22.4. The van der Waals surface area contributed by atoms with Crippen LogP contribution < -0.4 is 25.0 Å². The molecule has 0 radical (unpaired) electrons. The number of benzene rings is 2. The van der Waals surface area contributed by atoms with Crippen LogP contribution in [-0.4, -0.2) is 45.2 Å². The van der Waals surface area contributed by atoms with Crippen LogP contribution in [-0.2, 0) is 11.3 Å². The molecule has 1 fully saturated rings. The lowest BCUT2D eigenvalue weighted by Gasteiger charge is -2.29. The molecule has 1 aliphatic rings. The average molecular weight is 422 g/mol. The topological polar surface area (TPSA) is 104 Å². The lowest BCUT2D eigenvalue weighted by atomic mass is 10.0. The van der Waals surface area contributed by atoms with E-state index in [-0.39, 0.29) is 24.4 Å². The van der Waals surface area contributed by atoms with Gasteiger partial charge in [0.2, 0.25) is 5.91 Å². The molecular weight excluding hydrogens is 396 g/mol. The zero-order valence-corrected chi connectivity index (χ0v) is 17.9. The molecule has 0 aliphatic carbocycles. The highest BCUT2D eigenvalue weighted by Gasteiger charge is 2.29. The predicted octanol–water partition coefficient (Wildman–Crippen LogP) is 2.22. The largest absolute Gasteiger partial charge is 0.493 e. The SMILES string of the molecule is COc1ccc(CNC(=O)c2cc(C#N)ccc2N(C(C)=O)[C@@H]2CCNC2)cc1OC. The number of anilines is 1. The Hall–Kier alpha value is -3.57. The number of amides is 2. The number of carbonyl (C=O) groups is 2. The molecule has 2 N–H and O–H groups in total. The van der Waals surface area contributed by atoms with E-state index in [9.17, 15) is 14.9 Å². The smallest absolute Gasteiger partial charge is 0.253 e. The van der Waals surface area contributed by atoms with Crippen molar-refractivity contribution in [3.05, 3.63) is 53.1 Å².